The van der Waals surface area contributed by atoms with Gasteiger partial charge in [-0.15, -0.1) is 0 Å². The van der Waals surface area contributed by atoms with Crippen molar-refractivity contribution in [1.29, 1.82) is 5.26 Å². The molecule has 0 saturated heterocycles. The molecule has 0 saturated carbocycles. The second kappa shape index (κ2) is 14.1. The van der Waals surface area contributed by atoms with Crippen LogP contribution in [0.3, 0.4) is 0 Å². The number of hydrogen-bond donors (Lipinski definition) is 0. The lowest BCUT2D eigenvalue weighted by Crippen LogP contribution is -2.02. The van der Waals surface area contributed by atoms with Crippen molar-refractivity contribution < 1.29 is 0 Å². The predicted octanol–water partition coefficient (Wildman–Crippen LogP) is 13.2. The number of hydrogen-bond acceptors (Lipinski definition) is 4. The molecule has 7 heteroatoms. The smallest absolute Gasteiger partial charge is 0.194 e. The van der Waals surface area contributed by atoms with Crippen LogP contribution < -0.4 is 0 Å². The van der Waals surface area contributed by atoms with Gasteiger partial charge in [-0.1, -0.05) is 140 Å². The Morgan fingerprint density at radius 3 is 1.70 bits per heavy atom. The third kappa shape index (κ3) is 5.54. The Bertz CT molecular complexity index is 3490. The molecule has 0 fully saturated rings. The number of benzene rings is 8. The first-order valence-corrected chi connectivity index (χ1v) is 19.6. The van der Waals surface area contributed by atoms with Gasteiger partial charge in [-0.05, 0) is 59.7 Å². The molecule has 0 radical (unpaired) electrons. The van der Waals surface area contributed by atoms with Gasteiger partial charge in [0.05, 0.1) is 39.9 Å². The van der Waals surface area contributed by atoms with Crippen molar-refractivity contribution in [1.82, 2.24) is 24.1 Å². The van der Waals surface area contributed by atoms with Gasteiger partial charge in [0.1, 0.15) is 6.07 Å². The van der Waals surface area contributed by atoms with Crippen molar-refractivity contribution in [3.63, 3.8) is 0 Å². The molecule has 3 aromatic heterocycles. The van der Waals surface area contributed by atoms with Crippen LogP contribution in [0, 0.1) is 17.9 Å². The third-order valence-corrected chi connectivity index (χ3v) is 11.2. The maximum absolute atomic E-state index is 10.9. The molecule has 278 valence electrons. The van der Waals surface area contributed by atoms with Crippen molar-refractivity contribution in [2.75, 3.05) is 0 Å². The maximum Gasteiger partial charge on any atom is 0.194 e. The summed E-state index contributed by atoms with van der Waals surface area (Å²) in [7, 11) is 0. The molecule has 0 bridgehead atoms. The normalized spacial score (nSPS) is 11.3. The van der Waals surface area contributed by atoms with E-state index < -0.39 is 0 Å². The Labute approximate surface area is 345 Å². The fourth-order valence-corrected chi connectivity index (χ4v) is 8.54. The van der Waals surface area contributed by atoms with Crippen molar-refractivity contribution >= 4 is 49.3 Å². The molecular weight excluding hydrogens is 735 g/mol. The maximum atomic E-state index is 10.9. The molecule has 0 aliphatic carbocycles. The van der Waals surface area contributed by atoms with Crippen molar-refractivity contribution in [2.45, 2.75) is 0 Å². The van der Waals surface area contributed by atoms with E-state index in [-0.39, 0.29) is 0 Å². The van der Waals surface area contributed by atoms with E-state index in [0.29, 0.717) is 28.7 Å². The van der Waals surface area contributed by atoms with E-state index in [1.165, 1.54) is 0 Å². The van der Waals surface area contributed by atoms with Crippen LogP contribution in [-0.2, 0) is 0 Å². The summed E-state index contributed by atoms with van der Waals surface area (Å²) in [5.41, 5.74) is 11.4. The molecule has 8 aromatic carbocycles. The van der Waals surface area contributed by atoms with Gasteiger partial charge in [-0.3, -0.25) is 0 Å². The van der Waals surface area contributed by atoms with Gasteiger partial charge in [0.25, 0.3) is 0 Å². The van der Waals surface area contributed by atoms with E-state index >= 15 is 0 Å². The van der Waals surface area contributed by atoms with Gasteiger partial charge >= 0.3 is 0 Å². The summed E-state index contributed by atoms with van der Waals surface area (Å²) in [5.74, 6) is 1.61. The van der Waals surface area contributed by atoms with E-state index in [9.17, 15) is 5.26 Å². The number of para-hydroxylation sites is 3. The largest absolute Gasteiger partial charge is 0.309 e. The summed E-state index contributed by atoms with van der Waals surface area (Å²) in [6, 6.07) is 65.7. The molecule has 0 atom stereocenters. The molecular formula is C53H31N7. The van der Waals surface area contributed by atoms with Crippen LogP contribution in [0.4, 0.5) is 5.69 Å². The Morgan fingerprint density at radius 1 is 0.467 bits per heavy atom. The van der Waals surface area contributed by atoms with Gasteiger partial charge in [0.2, 0.25) is 0 Å². The van der Waals surface area contributed by atoms with Crippen molar-refractivity contribution in [2.24, 2.45) is 0 Å². The van der Waals surface area contributed by atoms with E-state index in [1.807, 2.05) is 109 Å². The summed E-state index contributed by atoms with van der Waals surface area (Å²) >= 11 is 0. The second-order valence-corrected chi connectivity index (χ2v) is 14.6. The first kappa shape index (κ1) is 34.6. The lowest BCUT2D eigenvalue weighted by atomic mass is 10.0. The molecule has 11 rings (SSSR count). The molecule has 0 amide bonds. The van der Waals surface area contributed by atoms with Crippen LogP contribution >= 0.6 is 0 Å². The SMILES string of the molecule is [C-]#[N+]c1ccccc1-c1ccc(-n2c3ccccc3c3ccc4c(c5ccccc5n4-c4ccc(-c5nc(-c6ccccc6)nc(-c6ccccc6)n5)cc4C#N)c32)cc1. The average Bonchev–Trinajstić information content (AvgIpc) is 3.84. The summed E-state index contributed by atoms with van der Waals surface area (Å²) in [4.78, 5) is 18.5. The summed E-state index contributed by atoms with van der Waals surface area (Å²) in [6.45, 7) is 7.72. The van der Waals surface area contributed by atoms with Gasteiger partial charge < -0.3 is 9.13 Å². The first-order chi connectivity index (χ1) is 29.7. The lowest BCUT2D eigenvalue weighted by molar-refractivity contribution is 1.07. The Kier molecular flexibility index (Phi) is 8.11. The van der Waals surface area contributed by atoms with Crippen LogP contribution in [-0.4, -0.2) is 24.1 Å². The Morgan fingerprint density at radius 2 is 1.03 bits per heavy atom. The molecule has 11 aromatic rings. The highest BCUT2D eigenvalue weighted by Gasteiger charge is 2.23. The first-order valence-electron chi connectivity index (χ1n) is 19.6. The minimum Gasteiger partial charge on any atom is -0.309 e. The van der Waals surface area contributed by atoms with Gasteiger partial charge in [0.15, 0.2) is 23.2 Å². The number of nitrogens with zero attached hydrogens (tertiary/aromatic N) is 7. The van der Waals surface area contributed by atoms with E-state index in [2.05, 4.69) is 98.9 Å². The Balaban J connectivity index is 1.12. The summed E-state index contributed by atoms with van der Waals surface area (Å²) in [5, 5.41) is 15.3. The molecule has 3 heterocycles. The van der Waals surface area contributed by atoms with Crippen molar-refractivity contribution in [3.05, 3.63) is 205 Å². The molecule has 60 heavy (non-hydrogen) atoms. The average molecular weight is 766 g/mol. The van der Waals surface area contributed by atoms with Gasteiger partial charge in [0, 0.05) is 43.9 Å². The standard InChI is InChI=1S/C53H31N7/c1-55-44-21-11-8-18-40(44)34-24-27-39(28-25-34)59-46-22-12-9-19-41(46)42-29-31-48-49(50(42)59)43-20-10-13-23-47(43)60(48)45-30-26-37(32-38(45)33-54)53-57-51(35-14-4-2-5-15-35)56-52(58-53)36-16-6-3-7-17-36/h2-32H. The molecule has 0 spiro atoms. The lowest BCUT2D eigenvalue weighted by Gasteiger charge is -2.13. The number of fused-ring (bicyclic) bond motifs is 7. The van der Waals surface area contributed by atoms with E-state index in [0.717, 1.165) is 82.8 Å². The highest BCUT2D eigenvalue weighted by atomic mass is 15.0. The summed E-state index contributed by atoms with van der Waals surface area (Å²) in [6.07, 6.45) is 0. The van der Waals surface area contributed by atoms with Gasteiger partial charge in [-0.2, -0.15) is 5.26 Å². The number of rotatable bonds is 6. The highest BCUT2D eigenvalue weighted by molar-refractivity contribution is 6.26. The fraction of sp³-hybridized carbons (Fsp3) is 0. The zero-order valence-electron chi connectivity index (χ0n) is 32.0. The van der Waals surface area contributed by atoms with Crippen LogP contribution in [0.15, 0.2) is 188 Å². The highest BCUT2D eigenvalue weighted by Crippen LogP contribution is 2.43. The van der Waals surface area contributed by atoms with Gasteiger partial charge in [-0.25, -0.2) is 19.8 Å². The molecule has 0 aliphatic rings. The molecule has 0 N–H and O–H groups in total. The van der Waals surface area contributed by atoms with Crippen LogP contribution in [0.1, 0.15) is 5.56 Å². The molecule has 0 aliphatic heterocycles. The minimum atomic E-state index is 0.489. The monoisotopic (exact) mass is 765 g/mol. The van der Waals surface area contributed by atoms with Crippen LogP contribution in [0.25, 0.3) is 105 Å². The Hall–Kier alpha value is -8.65. The third-order valence-electron chi connectivity index (χ3n) is 11.2. The van der Waals surface area contributed by atoms with Crippen LogP contribution in [0.5, 0.6) is 0 Å². The molecule has 7 nitrogen and oxygen atoms in total. The topological polar surface area (TPSA) is 76.7 Å². The minimum absolute atomic E-state index is 0.489. The fourth-order valence-electron chi connectivity index (χ4n) is 8.54. The quantitative estimate of drug-likeness (QED) is 0.158. The second-order valence-electron chi connectivity index (χ2n) is 14.6. The number of aromatic nitrogens is 5. The zero-order chi connectivity index (χ0) is 40.2. The van der Waals surface area contributed by atoms with Crippen LogP contribution in [0.2, 0.25) is 0 Å². The van der Waals surface area contributed by atoms with Crippen molar-refractivity contribution in [3.8, 4) is 62.7 Å². The number of nitriles is 1. The predicted molar refractivity (Wildman–Crippen MR) is 241 cm³/mol. The summed E-state index contributed by atoms with van der Waals surface area (Å²) < 4.78 is 4.55. The van der Waals surface area contributed by atoms with E-state index in [4.69, 9.17) is 21.5 Å². The van der Waals surface area contributed by atoms with E-state index in [1.54, 1.807) is 0 Å². The molecule has 0 unspecified atom stereocenters. The zero-order valence-corrected chi connectivity index (χ0v) is 32.0.